The Morgan fingerprint density at radius 3 is 2.58 bits per heavy atom. The Labute approximate surface area is 114 Å². The lowest BCUT2D eigenvalue weighted by molar-refractivity contribution is 0.214. The van der Waals surface area contributed by atoms with Crippen LogP contribution in [0.5, 0.6) is 5.75 Å². The molecule has 2 N–H and O–H groups in total. The number of benzene rings is 2. The Hall–Kier alpha value is -1.80. The Kier molecular flexibility index (Phi) is 3.51. The molecule has 0 bridgehead atoms. The van der Waals surface area contributed by atoms with Crippen LogP contribution in [-0.2, 0) is 6.42 Å². The minimum Gasteiger partial charge on any atom is -0.490 e. The first-order valence-corrected chi connectivity index (χ1v) is 6.88. The molecular weight excluding hydrogens is 234 g/mol. The summed E-state index contributed by atoms with van der Waals surface area (Å²) in [5, 5.41) is 0. The highest BCUT2D eigenvalue weighted by molar-refractivity contribution is 5.37. The van der Waals surface area contributed by atoms with Crippen molar-refractivity contribution in [2.24, 2.45) is 5.73 Å². The second-order valence-electron chi connectivity index (χ2n) is 5.15. The highest BCUT2D eigenvalue weighted by Crippen LogP contribution is 2.31. The monoisotopic (exact) mass is 253 g/mol. The normalized spacial score (nSPS) is 18.7. The van der Waals surface area contributed by atoms with Crippen molar-refractivity contribution >= 4 is 0 Å². The second-order valence-corrected chi connectivity index (χ2v) is 5.15. The van der Waals surface area contributed by atoms with Gasteiger partial charge in [-0.05, 0) is 30.0 Å². The molecule has 0 amide bonds. The molecule has 2 aromatic carbocycles. The average Bonchev–Trinajstić information content (AvgIpc) is 2.88. The van der Waals surface area contributed by atoms with Crippen molar-refractivity contribution in [3.8, 4) is 5.75 Å². The summed E-state index contributed by atoms with van der Waals surface area (Å²) in [5.74, 6) is 1.04. The Balaban J connectivity index is 1.55. The summed E-state index contributed by atoms with van der Waals surface area (Å²) in [6.45, 7) is 0. The maximum absolute atomic E-state index is 6.22. The van der Waals surface area contributed by atoms with Gasteiger partial charge in [-0.1, -0.05) is 48.5 Å². The van der Waals surface area contributed by atoms with Gasteiger partial charge in [-0.2, -0.15) is 0 Å². The molecule has 0 saturated heterocycles. The van der Waals surface area contributed by atoms with E-state index >= 15 is 0 Å². The third kappa shape index (κ3) is 2.79. The van der Waals surface area contributed by atoms with Crippen LogP contribution in [0.1, 0.15) is 30.0 Å². The lowest BCUT2D eigenvalue weighted by Crippen LogP contribution is -2.17. The van der Waals surface area contributed by atoms with Gasteiger partial charge in [0.2, 0.25) is 0 Å². The molecular formula is C17H19NO. The van der Waals surface area contributed by atoms with Crippen LogP contribution >= 0.6 is 0 Å². The third-order valence-corrected chi connectivity index (χ3v) is 3.74. The fourth-order valence-corrected chi connectivity index (χ4v) is 2.65. The van der Waals surface area contributed by atoms with E-state index < -0.39 is 0 Å². The lowest BCUT2D eigenvalue weighted by atomic mass is 9.99. The molecule has 2 unspecified atom stereocenters. The number of hydrogen-bond acceptors (Lipinski definition) is 2. The zero-order valence-electron chi connectivity index (χ0n) is 11.0. The van der Waals surface area contributed by atoms with Crippen molar-refractivity contribution in [2.75, 3.05) is 0 Å². The van der Waals surface area contributed by atoms with E-state index in [1.807, 2.05) is 30.3 Å². The zero-order valence-corrected chi connectivity index (χ0v) is 11.0. The summed E-state index contributed by atoms with van der Waals surface area (Å²) >= 11 is 0. The largest absolute Gasteiger partial charge is 0.490 e. The van der Waals surface area contributed by atoms with E-state index in [2.05, 4.69) is 24.3 Å². The molecule has 1 aliphatic rings. The molecule has 0 aliphatic carbocycles. The van der Waals surface area contributed by atoms with Crippen molar-refractivity contribution in [1.29, 1.82) is 0 Å². The molecule has 3 rings (SSSR count). The number of nitrogens with two attached hydrogens (primary N) is 1. The topological polar surface area (TPSA) is 35.2 Å². The Morgan fingerprint density at radius 1 is 1.05 bits per heavy atom. The van der Waals surface area contributed by atoms with Gasteiger partial charge < -0.3 is 10.5 Å². The Morgan fingerprint density at radius 2 is 1.79 bits per heavy atom. The first-order valence-electron chi connectivity index (χ1n) is 6.88. The maximum Gasteiger partial charge on any atom is 0.123 e. The van der Waals surface area contributed by atoms with Gasteiger partial charge in [-0.15, -0.1) is 0 Å². The molecule has 98 valence electrons. The van der Waals surface area contributed by atoms with Crippen molar-refractivity contribution < 1.29 is 4.74 Å². The molecule has 0 radical (unpaired) electrons. The molecule has 2 aromatic rings. The summed E-state index contributed by atoms with van der Waals surface area (Å²) in [4.78, 5) is 0. The summed E-state index contributed by atoms with van der Waals surface area (Å²) in [6, 6.07) is 18.7. The Bertz CT molecular complexity index is 513. The van der Waals surface area contributed by atoms with Crippen molar-refractivity contribution in [3.63, 3.8) is 0 Å². The van der Waals surface area contributed by atoms with Crippen LogP contribution in [0.15, 0.2) is 54.6 Å². The number of hydrogen-bond donors (Lipinski definition) is 1. The number of fused-ring (bicyclic) bond motifs is 1. The molecule has 1 aliphatic heterocycles. The summed E-state index contributed by atoms with van der Waals surface area (Å²) in [7, 11) is 0. The number of rotatable bonds is 4. The fraction of sp³-hybridized carbons (Fsp3) is 0.294. The quantitative estimate of drug-likeness (QED) is 0.905. The van der Waals surface area contributed by atoms with E-state index in [0.29, 0.717) is 0 Å². The van der Waals surface area contributed by atoms with Crippen LogP contribution in [0.25, 0.3) is 0 Å². The van der Waals surface area contributed by atoms with Gasteiger partial charge in [-0.3, -0.25) is 0 Å². The first kappa shape index (κ1) is 12.2. The van der Waals surface area contributed by atoms with E-state index in [4.69, 9.17) is 10.5 Å². The second kappa shape index (κ2) is 5.45. The van der Waals surface area contributed by atoms with E-state index in [0.717, 1.165) is 25.0 Å². The first-order chi connectivity index (χ1) is 9.33. The van der Waals surface area contributed by atoms with Crippen molar-refractivity contribution in [2.45, 2.75) is 31.4 Å². The zero-order chi connectivity index (χ0) is 13.1. The van der Waals surface area contributed by atoms with Crippen LogP contribution in [0.3, 0.4) is 0 Å². The van der Waals surface area contributed by atoms with E-state index in [1.165, 1.54) is 11.1 Å². The molecule has 0 aromatic heterocycles. The average molecular weight is 253 g/mol. The maximum atomic E-state index is 6.22. The van der Waals surface area contributed by atoms with Crippen LogP contribution < -0.4 is 10.5 Å². The standard InChI is InChI=1S/C17H19NO/c18-16(13-6-2-1-3-7-13)11-10-15-12-14-8-4-5-9-17(14)19-15/h1-9,15-16H,10-12,18H2. The summed E-state index contributed by atoms with van der Waals surface area (Å²) < 4.78 is 5.94. The molecule has 2 nitrogen and oxygen atoms in total. The summed E-state index contributed by atoms with van der Waals surface area (Å²) in [5.41, 5.74) is 8.75. The minimum absolute atomic E-state index is 0.105. The lowest BCUT2D eigenvalue weighted by Gasteiger charge is -2.15. The van der Waals surface area contributed by atoms with Gasteiger partial charge in [0.25, 0.3) is 0 Å². The highest BCUT2D eigenvalue weighted by Gasteiger charge is 2.22. The molecule has 2 atom stereocenters. The fourth-order valence-electron chi connectivity index (χ4n) is 2.65. The molecule has 19 heavy (non-hydrogen) atoms. The van der Waals surface area contributed by atoms with Gasteiger partial charge in [0.15, 0.2) is 0 Å². The summed E-state index contributed by atoms with van der Waals surface area (Å²) in [6.07, 6.45) is 3.26. The van der Waals surface area contributed by atoms with Gasteiger partial charge in [0.05, 0.1) is 0 Å². The van der Waals surface area contributed by atoms with Crippen molar-refractivity contribution in [1.82, 2.24) is 0 Å². The van der Waals surface area contributed by atoms with Crippen LogP contribution in [0.2, 0.25) is 0 Å². The molecule has 2 heteroatoms. The van der Waals surface area contributed by atoms with Crippen molar-refractivity contribution in [3.05, 3.63) is 65.7 Å². The van der Waals surface area contributed by atoms with Gasteiger partial charge in [0.1, 0.15) is 11.9 Å². The van der Waals surface area contributed by atoms with Crippen LogP contribution in [0.4, 0.5) is 0 Å². The number of ether oxygens (including phenoxy) is 1. The molecule has 0 fully saturated rings. The smallest absolute Gasteiger partial charge is 0.123 e. The van der Waals surface area contributed by atoms with Crippen LogP contribution in [-0.4, -0.2) is 6.10 Å². The van der Waals surface area contributed by atoms with Gasteiger partial charge in [0, 0.05) is 12.5 Å². The third-order valence-electron chi connectivity index (χ3n) is 3.74. The predicted octanol–water partition coefficient (Wildman–Crippen LogP) is 3.47. The SMILES string of the molecule is NC(CCC1Cc2ccccc2O1)c1ccccc1. The number of para-hydroxylation sites is 1. The van der Waals surface area contributed by atoms with Crippen LogP contribution in [0, 0.1) is 0 Å². The van der Waals surface area contributed by atoms with E-state index in [9.17, 15) is 0 Å². The molecule has 0 saturated carbocycles. The van der Waals surface area contributed by atoms with Gasteiger partial charge in [-0.25, -0.2) is 0 Å². The highest BCUT2D eigenvalue weighted by atomic mass is 16.5. The molecule has 0 spiro atoms. The minimum atomic E-state index is 0.105. The van der Waals surface area contributed by atoms with E-state index in [1.54, 1.807) is 0 Å². The van der Waals surface area contributed by atoms with Gasteiger partial charge >= 0.3 is 0 Å². The predicted molar refractivity (Wildman–Crippen MR) is 77.2 cm³/mol. The van der Waals surface area contributed by atoms with E-state index in [-0.39, 0.29) is 12.1 Å². The molecule has 1 heterocycles.